The number of hydrogen-bond donors (Lipinski definition) is 2. The Hall–Kier alpha value is -0.940. The maximum Gasteiger partial charge on any atom is 0.306 e. The molecule has 1 aliphatic carbocycles. The number of carbonyl (C=O) groups is 1. The molecule has 2 unspecified atom stereocenters. The summed E-state index contributed by atoms with van der Waals surface area (Å²) in [7, 11) is 0. The van der Waals surface area contributed by atoms with Gasteiger partial charge in [0.25, 0.3) is 0 Å². The second-order valence-corrected chi connectivity index (χ2v) is 6.22. The molecule has 0 aliphatic heterocycles. The van der Waals surface area contributed by atoms with Crippen LogP contribution in [0.1, 0.15) is 31.2 Å². The summed E-state index contributed by atoms with van der Waals surface area (Å²) in [5, 5.41) is 12.5. The molecule has 2 N–H and O–H groups in total. The number of hydrogen-bond acceptors (Lipinski definition) is 2. The summed E-state index contributed by atoms with van der Waals surface area (Å²) in [5.41, 5.74) is 0.987. The summed E-state index contributed by atoms with van der Waals surface area (Å²) in [6.45, 7) is 1.33. The summed E-state index contributed by atoms with van der Waals surface area (Å²) in [4.78, 5) is 11.2. The van der Waals surface area contributed by atoms with Crippen LogP contribution in [0.2, 0.25) is 0 Å². The van der Waals surface area contributed by atoms with E-state index in [1.54, 1.807) is 12.1 Å². The molecule has 0 heterocycles. The SMILES string of the molecule is O=C(O)C1CCCCC1CNCc1ccc(F)c(Br)c1. The lowest BCUT2D eigenvalue weighted by molar-refractivity contribution is -0.144. The van der Waals surface area contributed by atoms with Gasteiger partial charge in [0.1, 0.15) is 5.82 Å². The Morgan fingerprint density at radius 1 is 1.40 bits per heavy atom. The predicted octanol–water partition coefficient (Wildman–Crippen LogP) is 3.57. The molecular formula is C15H19BrFNO2. The molecule has 1 saturated carbocycles. The number of rotatable bonds is 5. The molecule has 0 aromatic heterocycles. The molecule has 20 heavy (non-hydrogen) atoms. The van der Waals surface area contributed by atoms with Crippen molar-refractivity contribution in [3.63, 3.8) is 0 Å². The highest BCUT2D eigenvalue weighted by atomic mass is 79.9. The highest BCUT2D eigenvalue weighted by molar-refractivity contribution is 9.10. The van der Waals surface area contributed by atoms with Crippen molar-refractivity contribution in [1.29, 1.82) is 0 Å². The lowest BCUT2D eigenvalue weighted by atomic mass is 9.79. The molecule has 2 atom stereocenters. The molecule has 1 fully saturated rings. The summed E-state index contributed by atoms with van der Waals surface area (Å²) in [6, 6.07) is 4.92. The van der Waals surface area contributed by atoms with Crippen LogP contribution in [-0.2, 0) is 11.3 Å². The first-order chi connectivity index (χ1) is 9.58. The van der Waals surface area contributed by atoms with Gasteiger partial charge in [0.2, 0.25) is 0 Å². The van der Waals surface area contributed by atoms with E-state index in [4.69, 9.17) is 0 Å². The molecule has 0 amide bonds. The van der Waals surface area contributed by atoms with Crippen molar-refractivity contribution in [1.82, 2.24) is 5.32 Å². The molecule has 0 radical (unpaired) electrons. The van der Waals surface area contributed by atoms with Gasteiger partial charge in [0, 0.05) is 6.54 Å². The average Bonchev–Trinajstić information content (AvgIpc) is 2.43. The van der Waals surface area contributed by atoms with Crippen molar-refractivity contribution >= 4 is 21.9 Å². The van der Waals surface area contributed by atoms with Gasteiger partial charge in [-0.25, -0.2) is 4.39 Å². The van der Waals surface area contributed by atoms with Crippen molar-refractivity contribution in [3.8, 4) is 0 Å². The Morgan fingerprint density at radius 3 is 2.85 bits per heavy atom. The number of aliphatic carboxylic acids is 1. The molecule has 0 spiro atoms. The lowest BCUT2D eigenvalue weighted by Crippen LogP contribution is -2.34. The molecule has 3 nitrogen and oxygen atoms in total. The predicted molar refractivity (Wildman–Crippen MR) is 78.9 cm³/mol. The zero-order chi connectivity index (χ0) is 14.5. The first-order valence-corrected chi connectivity index (χ1v) is 7.74. The quantitative estimate of drug-likeness (QED) is 0.859. The van der Waals surface area contributed by atoms with Crippen molar-refractivity contribution in [2.45, 2.75) is 32.2 Å². The Labute approximate surface area is 126 Å². The third-order valence-electron chi connectivity index (χ3n) is 3.95. The number of carboxylic acids is 1. The molecule has 0 bridgehead atoms. The fourth-order valence-corrected chi connectivity index (χ4v) is 3.25. The van der Waals surface area contributed by atoms with E-state index in [0.717, 1.165) is 31.2 Å². The largest absolute Gasteiger partial charge is 0.481 e. The third-order valence-corrected chi connectivity index (χ3v) is 4.55. The average molecular weight is 344 g/mol. The van der Waals surface area contributed by atoms with Crippen molar-refractivity contribution in [2.75, 3.05) is 6.54 Å². The lowest BCUT2D eigenvalue weighted by Gasteiger charge is -2.28. The third kappa shape index (κ3) is 4.03. The van der Waals surface area contributed by atoms with E-state index in [0.29, 0.717) is 17.6 Å². The maximum atomic E-state index is 13.1. The molecule has 5 heteroatoms. The van der Waals surface area contributed by atoms with Gasteiger partial charge in [0.05, 0.1) is 10.4 Å². The second-order valence-electron chi connectivity index (χ2n) is 5.37. The van der Waals surface area contributed by atoms with Gasteiger partial charge in [-0.1, -0.05) is 18.9 Å². The van der Waals surface area contributed by atoms with E-state index in [2.05, 4.69) is 21.2 Å². The summed E-state index contributed by atoms with van der Waals surface area (Å²) in [5.74, 6) is -0.977. The first kappa shape index (κ1) is 15.4. The van der Waals surface area contributed by atoms with Crippen molar-refractivity contribution < 1.29 is 14.3 Å². The summed E-state index contributed by atoms with van der Waals surface area (Å²) in [6.07, 6.45) is 3.87. The highest BCUT2D eigenvalue weighted by Crippen LogP contribution is 2.29. The van der Waals surface area contributed by atoms with Crippen LogP contribution in [0, 0.1) is 17.7 Å². The molecule has 1 aromatic rings. The normalized spacial score (nSPS) is 22.7. The van der Waals surface area contributed by atoms with Gasteiger partial charge in [-0.2, -0.15) is 0 Å². The maximum absolute atomic E-state index is 13.1. The van der Waals surface area contributed by atoms with E-state index >= 15 is 0 Å². The molecule has 2 rings (SSSR count). The van der Waals surface area contributed by atoms with E-state index in [1.165, 1.54) is 6.07 Å². The minimum atomic E-state index is -0.680. The summed E-state index contributed by atoms with van der Waals surface area (Å²) < 4.78 is 13.6. The van der Waals surface area contributed by atoms with E-state index < -0.39 is 5.97 Å². The highest BCUT2D eigenvalue weighted by Gasteiger charge is 2.30. The molecule has 0 saturated heterocycles. The van der Waals surface area contributed by atoms with Crippen molar-refractivity contribution in [3.05, 3.63) is 34.1 Å². The van der Waals surface area contributed by atoms with Gasteiger partial charge in [0.15, 0.2) is 0 Å². The van der Waals surface area contributed by atoms with E-state index in [-0.39, 0.29) is 17.7 Å². The zero-order valence-electron chi connectivity index (χ0n) is 11.2. The monoisotopic (exact) mass is 343 g/mol. The minimum Gasteiger partial charge on any atom is -0.481 e. The number of benzene rings is 1. The van der Waals surface area contributed by atoms with Crippen LogP contribution in [-0.4, -0.2) is 17.6 Å². The van der Waals surface area contributed by atoms with Crippen LogP contribution in [0.3, 0.4) is 0 Å². The van der Waals surface area contributed by atoms with Gasteiger partial charge < -0.3 is 10.4 Å². The van der Waals surface area contributed by atoms with Crippen LogP contribution < -0.4 is 5.32 Å². The smallest absolute Gasteiger partial charge is 0.306 e. The molecule has 1 aliphatic rings. The first-order valence-electron chi connectivity index (χ1n) is 6.95. The van der Waals surface area contributed by atoms with Gasteiger partial charge in [-0.05, 0) is 58.9 Å². The van der Waals surface area contributed by atoms with Crippen LogP contribution in [0.25, 0.3) is 0 Å². The number of nitrogens with one attached hydrogen (secondary N) is 1. The number of carboxylic acid groups (broad SMARTS) is 1. The Kier molecular flexibility index (Phi) is 5.54. The second kappa shape index (κ2) is 7.18. The minimum absolute atomic E-state index is 0.199. The molecule has 1 aromatic carbocycles. The van der Waals surface area contributed by atoms with Gasteiger partial charge in [-0.15, -0.1) is 0 Å². The Bertz CT molecular complexity index is 481. The van der Waals surface area contributed by atoms with Gasteiger partial charge in [-0.3, -0.25) is 4.79 Å². The Balaban J connectivity index is 1.85. The van der Waals surface area contributed by atoms with Gasteiger partial charge >= 0.3 is 5.97 Å². The molecular weight excluding hydrogens is 325 g/mol. The zero-order valence-corrected chi connectivity index (χ0v) is 12.8. The van der Waals surface area contributed by atoms with E-state index in [9.17, 15) is 14.3 Å². The molecule has 110 valence electrons. The van der Waals surface area contributed by atoms with Crippen LogP contribution >= 0.6 is 15.9 Å². The topological polar surface area (TPSA) is 49.3 Å². The fourth-order valence-electron chi connectivity index (χ4n) is 2.83. The standard InChI is InChI=1S/C15H19BrFNO2/c16-13-7-10(5-6-14(13)17)8-18-9-11-3-1-2-4-12(11)15(19)20/h5-7,11-12,18H,1-4,8-9H2,(H,19,20). The summed E-state index contributed by atoms with van der Waals surface area (Å²) >= 11 is 3.16. The van der Waals surface area contributed by atoms with Crippen LogP contribution in [0.15, 0.2) is 22.7 Å². The number of halogens is 2. The van der Waals surface area contributed by atoms with Crippen molar-refractivity contribution in [2.24, 2.45) is 11.8 Å². The Morgan fingerprint density at radius 2 is 2.15 bits per heavy atom. The van der Waals surface area contributed by atoms with Crippen LogP contribution in [0.5, 0.6) is 0 Å². The van der Waals surface area contributed by atoms with Crippen LogP contribution in [0.4, 0.5) is 4.39 Å². The van der Waals surface area contributed by atoms with E-state index in [1.807, 2.05) is 0 Å². The fraction of sp³-hybridized carbons (Fsp3) is 0.533.